The molecule has 0 saturated heterocycles. The third-order valence-electron chi connectivity index (χ3n) is 4.15. The molecule has 0 bridgehead atoms. The maximum absolute atomic E-state index is 2.48. The van der Waals surface area contributed by atoms with Crippen molar-refractivity contribution in [2.24, 2.45) is 23.2 Å². The summed E-state index contributed by atoms with van der Waals surface area (Å²) in [4.78, 5) is 0. The van der Waals surface area contributed by atoms with Crippen LogP contribution in [-0.2, 0) is 0 Å². The zero-order valence-electron chi connectivity index (χ0n) is 7.35. The third kappa shape index (κ3) is 0.627. The molecule has 2 saturated carbocycles. The normalized spacial score (nSPS) is 58.5. The minimum atomic E-state index is 0.784. The van der Waals surface area contributed by atoms with Crippen molar-refractivity contribution >= 4 is 0 Å². The highest BCUT2D eigenvalue weighted by molar-refractivity contribution is 5.11. The molecule has 0 amide bonds. The van der Waals surface area contributed by atoms with Gasteiger partial charge in [-0.25, -0.2) is 0 Å². The van der Waals surface area contributed by atoms with Crippen LogP contribution in [0, 0.1) is 23.2 Å². The first kappa shape index (κ1) is 6.69. The third-order valence-corrected chi connectivity index (χ3v) is 4.15. The Kier molecular flexibility index (Phi) is 1.19. The highest BCUT2D eigenvalue weighted by Gasteiger charge is 2.62. The molecule has 0 heteroatoms. The second-order valence-corrected chi connectivity index (χ2v) is 4.65. The summed E-state index contributed by atoms with van der Waals surface area (Å²) in [5, 5.41) is 0. The lowest BCUT2D eigenvalue weighted by atomic mass is 9.91. The van der Waals surface area contributed by atoms with Crippen molar-refractivity contribution in [2.45, 2.75) is 40.0 Å². The standard InChI is InChI=1S/C10H18/c1-4-10(3)8-5-7(2)6-9(8)10/h7-9H,4-6H2,1-3H3. The maximum atomic E-state index is 2.48. The van der Waals surface area contributed by atoms with E-state index < -0.39 is 0 Å². The molecule has 2 fully saturated rings. The van der Waals surface area contributed by atoms with E-state index in [1.165, 1.54) is 19.3 Å². The van der Waals surface area contributed by atoms with Crippen LogP contribution in [0.2, 0.25) is 0 Å². The van der Waals surface area contributed by atoms with Gasteiger partial charge in [-0.05, 0) is 36.0 Å². The molecule has 0 N–H and O–H groups in total. The summed E-state index contributed by atoms with van der Waals surface area (Å²) in [7, 11) is 0. The Morgan fingerprint density at radius 2 is 1.80 bits per heavy atom. The predicted octanol–water partition coefficient (Wildman–Crippen LogP) is 3.08. The van der Waals surface area contributed by atoms with Crippen molar-refractivity contribution in [1.29, 1.82) is 0 Å². The molecule has 0 nitrogen and oxygen atoms in total. The lowest BCUT2D eigenvalue weighted by Crippen LogP contribution is -2.05. The largest absolute Gasteiger partial charge is 0.0648 e. The van der Waals surface area contributed by atoms with Gasteiger partial charge >= 0.3 is 0 Å². The van der Waals surface area contributed by atoms with Crippen molar-refractivity contribution in [3.8, 4) is 0 Å². The Balaban J connectivity index is 2.02. The molecular weight excluding hydrogens is 120 g/mol. The van der Waals surface area contributed by atoms with Gasteiger partial charge in [0.1, 0.15) is 0 Å². The van der Waals surface area contributed by atoms with E-state index >= 15 is 0 Å². The summed E-state index contributed by atoms with van der Waals surface area (Å²) in [5.74, 6) is 3.27. The molecule has 2 aliphatic rings. The van der Waals surface area contributed by atoms with E-state index in [0.717, 1.165) is 23.2 Å². The molecule has 2 unspecified atom stereocenters. The zero-order valence-corrected chi connectivity index (χ0v) is 7.35. The average Bonchev–Trinajstić information content (AvgIpc) is 2.28. The van der Waals surface area contributed by atoms with Crippen LogP contribution in [0.5, 0.6) is 0 Å². The highest BCUT2D eigenvalue weighted by Crippen LogP contribution is 2.69. The highest BCUT2D eigenvalue weighted by atomic mass is 14.7. The number of rotatable bonds is 1. The number of hydrogen-bond acceptors (Lipinski definition) is 0. The summed E-state index contributed by atoms with van der Waals surface area (Å²) in [6, 6.07) is 0. The fraction of sp³-hybridized carbons (Fsp3) is 1.00. The molecule has 2 aliphatic carbocycles. The second-order valence-electron chi connectivity index (χ2n) is 4.65. The van der Waals surface area contributed by atoms with Gasteiger partial charge in [0.2, 0.25) is 0 Å². The summed E-state index contributed by atoms with van der Waals surface area (Å²) < 4.78 is 0. The van der Waals surface area contributed by atoms with E-state index in [0.29, 0.717) is 0 Å². The Labute approximate surface area is 64.0 Å². The summed E-state index contributed by atoms with van der Waals surface area (Å²) >= 11 is 0. The summed E-state index contributed by atoms with van der Waals surface area (Å²) in [6.07, 6.45) is 4.46. The molecule has 2 atom stereocenters. The molecule has 0 aromatic heterocycles. The fourth-order valence-electron chi connectivity index (χ4n) is 3.12. The first-order valence-electron chi connectivity index (χ1n) is 4.68. The van der Waals surface area contributed by atoms with Gasteiger partial charge in [-0.1, -0.05) is 27.2 Å². The van der Waals surface area contributed by atoms with Gasteiger partial charge in [0, 0.05) is 0 Å². The van der Waals surface area contributed by atoms with Gasteiger partial charge in [-0.15, -0.1) is 0 Å². The summed E-state index contributed by atoms with van der Waals surface area (Å²) in [6.45, 7) is 7.24. The van der Waals surface area contributed by atoms with Crippen molar-refractivity contribution in [3.05, 3.63) is 0 Å². The van der Waals surface area contributed by atoms with Crippen LogP contribution in [-0.4, -0.2) is 0 Å². The predicted molar refractivity (Wildman–Crippen MR) is 43.8 cm³/mol. The van der Waals surface area contributed by atoms with E-state index in [2.05, 4.69) is 20.8 Å². The van der Waals surface area contributed by atoms with Gasteiger partial charge in [0.05, 0.1) is 0 Å². The molecule has 0 radical (unpaired) electrons. The SMILES string of the molecule is CCC1(C)C2CC(C)CC21. The van der Waals surface area contributed by atoms with Crippen molar-refractivity contribution in [3.63, 3.8) is 0 Å². The minimum absolute atomic E-state index is 0.784. The molecule has 0 aromatic carbocycles. The molecule has 0 aromatic rings. The van der Waals surface area contributed by atoms with Crippen LogP contribution in [0.1, 0.15) is 40.0 Å². The van der Waals surface area contributed by atoms with Gasteiger partial charge in [0.25, 0.3) is 0 Å². The van der Waals surface area contributed by atoms with Crippen molar-refractivity contribution in [1.82, 2.24) is 0 Å². The molecule has 2 rings (SSSR count). The molecule has 58 valence electrons. The van der Waals surface area contributed by atoms with E-state index in [1.54, 1.807) is 0 Å². The Morgan fingerprint density at radius 3 is 2.20 bits per heavy atom. The summed E-state index contributed by atoms with van der Waals surface area (Å²) in [5.41, 5.74) is 0.784. The van der Waals surface area contributed by atoms with E-state index in [9.17, 15) is 0 Å². The van der Waals surface area contributed by atoms with Crippen LogP contribution < -0.4 is 0 Å². The lowest BCUT2D eigenvalue weighted by molar-refractivity contribution is 0.358. The minimum Gasteiger partial charge on any atom is -0.0648 e. The number of fused-ring (bicyclic) bond motifs is 1. The van der Waals surface area contributed by atoms with Gasteiger partial charge in [-0.3, -0.25) is 0 Å². The van der Waals surface area contributed by atoms with Crippen LogP contribution >= 0.6 is 0 Å². The second kappa shape index (κ2) is 1.78. The average molecular weight is 138 g/mol. The Bertz CT molecular complexity index is 136. The van der Waals surface area contributed by atoms with Gasteiger partial charge in [-0.2, -0.15) is 0 Å². The maximum Gasteiger partial charge on any atom is -0.0266 e. The van der Waals surface area contributed by atoms with Crippen LogP contribution in [0.4, 0.5) is 0 Å². The van der Waals surface area contributed by atoms with E-state index in [4.69, 9.17) is 0 Å². The lowest BCUT2D eigenvalue weighted by Gasteiger charge is -2.14. The molecule has 10 heavy (non-hydrogen) atoms. The van der Waals surface area contributed by atoms with Crippen molar-refractivity contribution < 1.29 is 0 Å². The van der Waals surface area contributed by atoms with Gasteiger partial charge < -0.3 is 0 Å². The smallest absolute Gasteiger partial charge is 0.0266 e. The van der Waals surface area contributed by atoms with E-state index in [1.807, 2.05) is 0 Å². The van der Waals surface area contributed by atoms with Crippen LogP contribution in [0.3, 0.4) is 0 Å². The fourth-order valence-corrected chi connectivity index (χ4v) is 3.12. The van der Waals surface area contributed by atoms with Crippen molar-refractivity contribution in [2.75, 3.05) is 0 Å². The number of hydrogen-bond donors (Lipinski definition) is 0. The van der Waals surface area contributed by atoms with Crippen LogP contribution in [0.15, 0.2) is 0 Å². The molecule has 0 spiro atoms. The van der Waals surface area contributed by atoms with Crippen LogP contribution in [0.25, 0.3) is 0 Å². The van der Waals surface area contributed by atoms with Gasteiger partial charge in [0.15, 0.2) is 0 Å². The monoisotopic (exact) mass is 138 g/mol. The quantitative estimate of drug-likeness (QED) is 0.522. The topological polar surface area (TPSA) is 0 Å². The Hall–Kier alpha value is 0. The molecule has 0 heterocycles. The van der Waals surface area contributed by atoms with E-state index in [-0.39, 0.29) is 0 Å². The molecular formula is C10H18. The first-order valence-corrected chi connectivity index (χ1v) is 4.68. The zero-order chi connectivity index (χ0) is 7.35. The molecule has 0 aliphatic heterocycles. The first-order chi connectivity index (χ1) is 4.68. The Morgan fingerprint density at radius 1 is 1.30 bits per heavy atom.